The number of carbonyl (C=O) groups excluding carboxylic acids is 1. The molecule has 0 spiro atoms. The molecule has 0 radical (unpaired) electrons. The molecule has 28 heavy (non-hydrogen) atoms. The van der Waals surface area contributed by atoms with Gasteiger partial charge in [-0.05, 0) is 12.1 Å². The standard InChI is InChI=1S/C18H18F2N4O2S2/c1-18(2,3)13-7-21-14(26-13)9-27-15-8-22-17(28-15)24-16(25)23-12-5-4-10(19)6-11(12)20/h4-8H,9H2,1-3H3,(H2,22,23,24,25). The third-order valence-corrected chi connectivity index (χ3v) is 5.61. The van der Waals surface area contributed by atoms with Crippen LogP contribution < -0.4 is 10.6 Å². The maximum Gasteiger partial charge on any atom is 0.325 e. The number of thiazole rings is 1. The number of amides is 2. The molecule has 2 N–H and O–H groups in total. The first kappa shape index (κ1) is 20.3. The molecule has 0 atom stereocenters. The zero-order valence-electron chi connectivity index (χ0n) is 15.4. The number of thioether (sulfide) groups is 1. The van der Waals surface area contributed by atoms with E-state index in [4.69, 9.17) is 4.42 Å². The van der Waals surface area contributed by atoms with E-state index in [0.717, 1.165) is 22.1 Å². The molecule has 148 valence electrons. The molecule has 3 aromatic rings. The molecule has 2 aromatic heterocycles. The number of oxazole rings is 1. The maximum atomic E-state index is 13.6. The second-order valence-corrected chi connectivity index (χ2v) is 9.15. The van der Waals surface area contributed by atoms with Crippen LogP contribution in [0.1, 0.15) is 32.4 Å². The van der Waals surface area contributed by atoms with Gasteiger partial charge in [0.25, 0.3) is 0 Å². The molecule has 2 heterocycles. The molecule has 2 amide bonds. The van der Waals surface area contributed by atoms with Crippen molar-refractivity contribution in [1.82, 2.24) is 9.97 Å². The lowest BCUT2D eigenvalue weighted by molar-refractivity contribution is 0.262. The van der Waals surface area contributed by atoms with E-state index in [1.807, 2.05) is 0 Å². The van der Waals surface area contributed by atoms with E-state index in [1.165, 1.54) is 23.1 Å². The lowest BCUT2D eigenvalue weighted by Gasteiger charge is -2.12. The van der Waals surface area contributed by atoms with Crippen LogP contribution >= 0.6 is 23.1 Å². The van der Waals surface area contributed by atoms with Crippen molar-refractivity contribution >= 4 is 39.9 Å². The molecular formula is C18H18F2N4O2S2. The van der Waals surface area contributed by atoms with E-state index in [9.17, 15) is 13.6 Å². The van der Waals surface area contributed by atoms with Gasteiger partial charge in [0.15, 0.2) is 5.13 Å². The Morgan fingerprint density at radius 3 is 2.68 bits per heavy atom. The Balaban J connectivity index is 1.53. The Kier molecular flexibility index (Phi) is 5.99. The molecule has 0 saturated carbocycles. The highest BCUT2D eigenvalue weighted by Crippen LogP contribution is 2.31. The Morgan fingerprint density at radius 1 is 1.21 bits per heavy atom. The van der Waals surface area contributed by atoms with Crippen molar-refractivity contribution in [3.8, 4) is 0 Å². The summed E-state index contributed by atoms with van der Waals surface area (Å²) in [6.07, 6.45) is 3.35. The molecule has 0 aliphatic rings. The Morgan fingerprint density at radius 2 is 2.00 bits per heavy atom. The predicted octanol–water partition coefficient (Wildman–Crippen LogP) is 5.64. The van der Waals surface area contributed by atoms with Crippen molar-refractivity contribution < 1.29 is 18.0 Å². The van der Waals surface area contributed by atoms with Crippen LogP contribution in [0.25, 0.3) is 0 Å². The topological polar surface area (TPSA) is 80.0 Å². The zero-order chi connectivity index (χ0) is 20.3. The number of anilines is 2. The van der Waals surface area contributed by atoms with Gasteiger partial charge in [-0.15, -0.1) is 11.8 Å². The molecule has 0 fully saturated rings. The normalized spacial score (nSPS) is 11.5. The van der Waals surface area contributed by atoms with Crippen LogP contribution in [-0.4, -0.2) is 16.0 Å². The highest BCUT2D eigenvalue weighted by molar-refractivity contribution is 8.00. The third kappa shape index (κ3) is 5.29. The molecule has 0 aliphatic carbocycles. The molecule has 0 bridgehead atoms. The SMILES string of the molecule is CC(C)(C)c1cnc(CSc2cnc(NC(=O)Nc3ccc(F)cc3F)s2)o1. The first-order valence-electron chi connectivity index (χ1n) is 8.27. The van der Waals surface area contributed by atoms with Gasteiger partial charge in [-0.2, -0.15) is 0 Å². The number of urea groups is 1. The van der Waals surface area contributed by atoms with Crippen molar-refractivity contribution in [2.24, 2.45) is 0 Å². The minimum absolute atomic E-state index is 0.102. The highest BCUT2D eigenvalue weighted by Gasteiger charge is 2.19. The summed E-state index contributed by atoms with van der Waals surface area (Å²) in [5, 5.41) is 5.18. The van der Waals surface area contributed by atoms with Crippen molar-refractivity contribution in [1.29, 1.82) is 0 Å². The van der Waals surface area contributed by atoms with Crippen molar-refractivity contribution in [3.63, 3.8) is 0 Å². The summed E-state index contributed by atoms with van der Waals surface area (Å²) in [5.41, 5.74) is -0.224. The number of hydrogen-bond donors (Lipinski definition) is 2. The van der Waals surface area contributed by atoms with E-state index in [0.29, 0.717) is 22.8 Å². The van der Waals surface area contributed by atoms with E-state index in [2.05, 4.69) is 41.4 Å². The molecule has 3 rings (SSSR count). The number of carbonyl (C=O) groups is 1. The van der Waals surface area contributed by atoms with Crippen LogP contribution in [0.3, 0.4) is 0 Å². The lowest BCUT2D eigenvalue weighted by atomic mass is 9.94. The van der Waals surface area contributed by atoms with Crippen LogP contribution in [-0.2, 0) is 11.2 Å². The van der Waals surface area contributed by atoms with Crippen molar-refractivity contribution in [2.75, 3.05) is 10.6 Å². The second kappa shape index (κ2) is 8.27. The van der Waals surface area contributed by atoms with Crippen LogP contribution in [0.15, 0.2) is 39.2 Å². The fourth-order valence-corrected chi connectivity index (χ4v) is 3.80. The number of halogens is 2. The fraction of sp³-hybridized carbons (Fsp3) is 0.278. The lowest BCUT2D eigenvalue weighted by Crippen LogP contribution is -2.20. The van der Waals surface area contributed by atoms with Gasteiger partial charge in [0, 0.05) is 11.5 Å². The van der Waals surface area contributed by atoms with Crippen LogP contribution in [0, 0.1) is 11.6 Å². The largest absolute Gasteiger partial charge is 0.444 e. The van der Waals surface area contributed by atoms with Gasteiger partial charge >= 0.3 is 6.03 Å². The van der Waals surface area contributed by atoms with Crippen LogP contribution in [0.5, 0.6) is 0 Å². The van der Waals surface area contributed by atoms with Gasteiger partial charge < -0.3 is 9.73 Å². The van der Waals surface area contributed by atoms with Crippen LogP contribution in [0.2, 0.25) is 0 Å². The second-order valence-electron chi connectivity index (χ2n) is 6.84. The Hall–Kier alpha value is -2.46. The average molecular weight is 424 g/mol. The molecule has 0 aliphatic heterocycles. The Bertz CT molecular complexity index is 982. The third-order valence-electron chi connectivity index (χ3n) is 3.51. The summed E-state index contributed by atoms with van der Waals surface area (Å²) in [7, 11) is 0. The number of hydrogen-bond acceptors (Lipinski definition) is 6. The van der Waals surface area contributed by atoms with E-state index in [1.54, 1.807) is 12.4 Å². The first-order chi connectivity index (χ1) is 13.2. The molecule has 0 unspecified atom stereocenters. The quantitative estimate of drug-likeness (QED) is 0.518. The molecule has 1 aromatic carbocycles. The van der Waals surface area contributed by atoms with Crippen molar-refractivity contribution in [2.45, 2.75) is 36.1 Å². The summed E-state index contributed by atoms with van der Waals surface area (Å²) >= 11 is 2.75. The smallest absolute Gasteiger partial charge is 0.325 e. The zero-order valence-corrected chi connectivity index (χ0v) is 17.0. The predicted molar refractivity (Wildman–Crippen MR) is 106 cm³/mol. The van der Waals surface area contributed by atoms with Gasteiger partial charge in [-0.1, -0.05) is 32.1 Å². The fourth-order valence-electron chi connectivity index (χ4n) is 2.08. The van der Waals surface area contributed by atoms with Gasteiger partial charge in [0.1, 0.15) is 17.4 Å². The van der Waals surface area contributed by atoms with Gasteiger partial charge in [0.2, 0.25) is 5.89 Å². The number of rotatable bonds is 5. The minimum Gasteiger partial charge on any atom is -0.444 e. The molecule has 0 saturated heterocycles. The van der Waals surface area contributed by atoms with Gasteiger partial charge in [0.05, 0.1) is 28.0 Å². The molecular weight excluding hydrogens is 406 g/mol. The average Bonchev–Trinajstić information content (AvgIpc) is 3.24. The van der Waals surface area contributed by atoms with E-state index < -0.39 is 17.7 Å². The summed E-state index contributed by atoms with van der Waals surface area (Å²) in [6, 6.07) is 2.24. The summed E-state index contributed by atoms with van der Waals surface area (Å²) in [5.74, 6) is 0.392. The van der Waals surface area contributed by atoms with E-state index in [-0.39, 0.29) is 11.1 Å². The molecule has 10 heteroatoms. The number of nitrogens with one attached hydrogen (secondary N) is 2. The maximum absolute atomic E-state index is 13.6. The van der Waals surface area contributed by atoms with Crippen LogP contribution in [0.4, 0.5) is 24.4 Å². The number of nitrogens with zero attached hydrogens (tertiary/aromatic N) is 2. The molecule has 6 nitrogen and oxygen atoms in total. The van der Waals surface area contributed by atoms with Gasteiger partial charge in [-0.3, -0.25) is 5.32 Å². The first-order valence-corrected chi connectivity index (χ1v) is 10.1. The summed E-state index contributed by atoms with van der Waals surface area (Å²) in [4.78, 5) is 20.3. The number of aromatic nitrogens is 2. The summed E-state index contributed by atoms with van der Waals surface area (Å²) in [6.45, 7) is 6.15. The van der Waals surface area contributed by atoms with Gasteiger partial charge in [-0.25, -0.2) is 23.5 Å². The van der Waals surface area contributed by atoms with Crippen molar-refractivity contribution in [3.05, 3.63) is 53.9 Å². The monoisotopic (exact) mass is 424 g/mol. The van der Waals surface area contributed by atoms with E-state index >= 15 is 0 Å². The Labute approximate surface area is 168 Å². The number of benzene rings is 1. The minimum atomic E-state index is -0.855. The highest BCUT2D eigenvalue weighted by atomic mass is 32.2. The summed E-state index contributed by atoms with van der Waals surface area (Å²) < 4.78 is 33.1.